The van der Waals surface area contributed by atoms with Crippen LogP contribution in [0, 0.1) is 3.57 Å². The molecule has 0 radical (unpaired) electrons. The highest BCUT2D eigenvalue weighted by atomic mass is 127. The van der Waals surface area contributed by atoms with Crippen LogP contribution in [0.1, 0.15) is 16.8 Å². The molecule has 0 spiro atoms. The number of carboxylic acids is 1. The molecule has 2 rings (SSSR count). The van der Waals surface area contributed by atoms with Crippen LogP contribution in [-0.4, -0.2) is 22.9 Å². The summed E-state index contributed by atoms with van der Waals surface area (Å²) in [6.07, 6.45) is -0.259. The van der Waals surface area contributed by atoms with E-state index in [1.165, 1.54) is 12.1 Å². The topological polar surface area (TPSA) is 86.7 Å². The Bertz CT molecular complexity index is 529. The second kappa shape index (κ2) is 4.32. The summed E-state index contributed by atoms with van der Waals surface area (Å²) in [5.41, 5.74) is 2.47. The van der Waals surface area contributed by atoms with Crippen molar-refractivity contribution in [3.63, 3.8) is 0 Å². The third-order valence-electron chi connectivity index (χ3n) is 2.23. The number of carbonyl (C=O) groups is 3. The van der Waals surface area contributed by atoms with Crippen LogP contribution in [0.3, 0.4) is 0 Å². The largest absolute Gasteiger partial charge is 0.478 e. The number of rotatable bonds is 2. The van der Waals surface area contributed by atoms with Crippen LogP contribution in [0.5, 0.6) is 0 Å². The maximum atomic E-state index is 11.5. The molecule has 0 atom stereocenters. The van der Waals surface area contributed by atoms with Gasteiger partial charge in [0.1, 0.15) is 6.42 Å². The first-order valence-corrected chi connectivity index (χ1v) is 5.72. The summed E-state index contributed by atoms with van der Waals surface area (Å²) < 4.78 is 0.738. The van der Waals surface area contributed by atoms with E-state index < -0.39 is 17.8 Å². The number of hydrogen-bond acceptors (Lipinski definition) is 3. The molecule has 1 aliphatic rings. The summed E-state index contributed by atoms with van der Waals surface area (Å²) in [6.45, 7) is 0. The fourth-order valence-corrected chi connectivity index (χ4v) is 2.00. The Kier molecular flexibility index (Phi) is 3.01. The van der Waals surface area contributed by atoms with Gasteiger partial charge in [-0.05, 0) is 40.8 Å². The van der Waals surface area contributed by atoms with Gasteiger partial charge >= 0.3 is 5.97 Å². The summed E-state index contributed by atoms with van der Waals surface area (Å²) >= 11 is 1.97. The number of carbonyl (C=O) groups excluding carboxylic acids is 2. The lowest BCUT2D eigenvalue weighted by Crippen LogP contribution is -2.36. The Morgan fingerprint density at radius 2 is 2.12 bits per heavy atom. The number of aromatic carboxylic acids is 1. The van der Waals surface area contributed by atoms with E-state index in [4.69, 9.17) is 5.11 Å². The molecule has 6 nitrogen and oxygen atoms in total. The number of hydrogen-bond donors (Lipinski definition) is 2. The average molecular weight is 346 g/mol. The van der Waals surface area contributed by atoms with Gasteiger partial charge in [-0.2, -0.15) is 0 Å². The first-order chi connectivity index (χ1) is 7.99. The van der Waals surface area contributed by atoms with Crippen molar-refractivity contribution in [3.8, 4) is 0 Å². The monoisotopic (exact) mass is 346 g/mol. The lowest BCUT2D eigenvalue weighted by atomic mass is 10.1. The molecule has 0 saturated carbocycles. The van der Waals surface area contributed by atoms with Crippen LogP contribution < -0.4 is 10.4 Å². The van der Waals surface area contributed by atoms with Crippen LogP contribution in [0.15, 0.2) is 18.2 Å². The van der Waals surface area contributed by atoms with E-state index in [9.17, 15) is 14.4 Å². The predicted molar refractivity (Wildman–Crippen MR) is 66.4 cm³/mol. The third kappa shape index (κ3) is 2.23. The highest BCUT2D eigenvalue weighted by molar-refractivity contribution is 14.1. The van der Waals surface area contributed by atoms with E-state index >= 15 is 0 Å². The molecule has 0 unspecified atom stereocenters. The molecule has 7 heteroatoms. The Morgan fingerprint density at radius 1 is 1.41 bits per heavy atom. The highest BCUT2D eigenvalue weighted by Crippen LogP contribution is 2.24. The van der Waals surface area contributed by atoms with E-state index in [1.54, 1.807) is 6.07 Å². The van der Waals surface area contributed by atoms with Gasteiger partial charge in [-0.25, -0.2) is 9.80 Å². The Morgan fingerprint density at radius 3 is 2.65 bits per heavy atom. The number of hydrazine groups is 1. The molecule has 0 bridgehead atoms. The quantitative estimate of drug-likeness (QED) is 0.612. The summed E-state index contributed by atoms with van der Waals surface area (Å²) in [5.74, 6) is -2.05. The van der Waals surface area contributed by atoms with Crippen LogP contribution in [-0.2, 0) is 9.59 Å². The first kappa shape index (κ1) is 11.8. The smallest absolute Gasteiger partial charge is 0.337 e. The zero-order valence-electron chi connectivity index (χ0n) is 8.44. The number of carboxylic acid groups (broad SMARTS) is 1. The van der Waals surface area contributed by atoms with Gasteiger partial charge in [0, 0.05) is 3.57 Å². The number of nitrogens with one attached hydrogen (secondary N) is 1. The third-order valence-corrected chi connectivity index (χ3v) is 2.90. The van der Waals surface area contributed by atoms with Crippen LogP contribution in [0.4, 0.5) is 5.69 Å². The average Bonchev–Trinajstić information content (AvgIpc) is 2.57. The van der Waals surface area contributed by atoms with Gasteiger partial charge in [-0.15, -0.1) is 0 Å². The van der Waals surface area contributed by atoms with Crippen molar-refractivity contribution < 1.29 is 19.5 Å². The van der Waals surface area contributed by atoms with Gasteiger partial charge in [0.05, 0.1) is 11.3 Å². The van der Waals surface area contributed by atoms with Gasteiger partial charge in [-0.1, -0.05) is 0 Å². The number of benzene rings is 1. The number of nitrogens with zero attached hydrogens (tertiary/aromatic N) is 1. The van der Waals surface area contributed by atoms with Gasteiger partial charge < -0.3 is 5.11 Å². The van der Waals surface area contributed by atoms with Crippen molar-refractivity contribution in [2.45, 2.75) is 6.42 Å². The van der Waals surface area contributed by atoms with Crippen molar-refractivity contribution in [2.75, 3.05) is 5.01 Å². The van der Waals surface area contributed by atoms with Gasteiger partial charge in [0.15, 0.2) is 0 Å². The molecule has 1 heterocycles. The molecule has 1 aromatic rings. The van der Waals surface area contributed by atoms with Crippen LogP contribution in [0.2, 0.25) is 0 Å². The minimum atomic E-state index is -1.15. The van der Waals surface area contributed by atoms with Crippen molar-refractivity contribution >= 4 is 46.1 Å². The fourth-order valence-electron chi connectivity index (χ4n) is 1.51. The van der Waals surface area contributed by atoms with Crippen molar-refractivity contribution in [1.82, 2.24) is 5.43 Å². The minimum Gasteiger partial charge on any atom is -0.478 e. The lowest BCUT2D eigenvalue weighted by Gasteiger charge is -2.17. The van der Waals surface area contributed by atoms with Gasteiger partial charge in [-0.3, -0.25) is 15.0 Å². The summed E-state index contributed by atoms with van der Waals surface area (Å²) in [4.78, 5) is 33.6. The Balaban J connectivity index is 2.48. The first-order valence-electron chi connectivity index (χ1n) is 4.64. The second-order valence-corrected chi connectivity index (χ2v) is 4.65. The summed E-state index contributed by atoms with van der Waals surface area (Å²) in [5, 5.41) is 10.0. The van der Waals surface area contributed by atoms with E-state index in [0.717, 1.165) is 8.58 Å². The van der Waals surface area contributed by atoms with E-state index in [0.29, 0.717) is 0 Å². The maximum Gasteiger partial charge on any atom is 0.337 e. The van der Waals surface area contributed by atoms with Crippen molar-refractivity contribution in [1.29, 1.82) is 0 Å². The summed E-state index contributed by atoms with van der Waals surface area (Å²) in [7, 11) is 0. The number of anilines is 1. The molecule has 1 aliphatic heterocycles. The zero-order valence-corrected chi connectivity index (χ0v) is 10.6. The van der Waals surface area contributed by atoms with Gasteiger partial charge in [0.25, 0.3) is 5.91 Å². The molecule has 1 aromatic carbocycles. The second-order valence-electron chi connectivity index (χ2n) is 3.41. The molecular weight excluding hydrogens is 339 g/mol. The predicted octanol–water partition coefficient (Wildman–Crippen LogP) is 0.757. The summed E-state index contributed by atoms with van der Waals surface area (Å²) in [6, 6.07) is 4.60. The SMILES string of the molecule is O=C1CC(=O)N(c2ccc(I)cc2C(=O)O)N1. The van der Waals surface area contributed by atoms with Crippen LogP contribution >= 0.6 is 22.6 Å². The molecule has 1 fully saturated rings. The normalized spacial score (nSPS) is 15.0. The number of halogens is 1. The molecule has 0 aromatic heterocycles. The molecule has 88 valence electrons. The number of amides is 2. The molecule has 1 saturated heterocycles. The molecular formula is C10H7IN2O4. The van der Waals surface area contributed by atoms with E-state index in [-0.39, 0.29) is 17.7 Å². The van der Waals surface area contributed by atoms with Crippen LogP contribution in [0.25, 0.3) is 0 Å². The highest BCUT2D eigenvalue weighted by Gasteiger charge is 2.30. The van der Waals surface area contributed by atoms with Crippen molar-refractivity contribution in [3.05, 3.63) is 27.3 Å². The Hall–Kier alpha value is -1.64. The maximum absolute atomic E-state index is 11.5. The van der Waals surface area contributed by atoms with Gasteiger partial charge in [0.2, 0.25) is 5.91 Å². The molecule has 17 heavy (non-hydrogen) atoms. The molecule has 2 N–H and O–H groups in total. The Labute approximate surface area is 110 Å². The standard InChI is InChI=1S/C10H7IN2O4/c11-5-1-2-7(6(3-5)10(16)17)13-9(15)4-8(14)12-13/h1-3H,4H2,(H,12,14)(H,16,17). The molecule has 0 aliphatic carbocycles. The minimum absolute atomic E-state index is 0.0209. The molecule has 2 amide bonds. The lowest BCUT2D eigenvalue weighted by molar-refractivity contribution is -0.122. The van der Waals surface area contributed by atoms with E-state index in [1.807, 2.05) is 22.6 Å². The van der Waals surface area contributed by atoms with E-state index in [2.05, 4.69) is 5.43 Å². The zero-order chi connectivity index (χ0) is 12.6. The fraction of sp³-hybridized carbons (Fsp3) is 0.100. The van der Waals surface area contributed by atoms with Crippen molar-refractivity contribution in [2.24, 2.45) is 0 Å².